The van der Waals surface area contributed by atoms with Crippen LogP contribution in [0.4, 0.5) is 5.69 Å². The second-order valence-electron chi connectivity index (χ2n) is 5.01. The number of allylic oxidation sites excluding steroid dienone is 1. The standard InChI is InChI=1S/C17H15BrN4O2S/c1-2-10-22-16(13-8-9-14(18)24-13)20-21-17(22)25-11-15(23)19-12-6-4-3-5-7-12/h2-9H,1,10-11H2,(H,19,23). The van der Waals surface area contributed by atoms with Crippen LogP contribution in [0.3, 0.4) is 0 Å². The Morgan fingerprint density at radius 1 is 1.28 bits per heavy atom. The third-order valence-corrected chi connectivity index (χ3v) is 4.60. The monoisotopic (exact) mass is 418 g/mol. The molecule has 0 aliphatic carbocycles. The molecule has 25 heavy (non-hydrogen) atoms. The lowest BCUT2D eigenvalue weighted by molar-refractivity contribution is -0.113. The van der Waals surface area contributed by atoms with Crippen LogP contribution in [0.5, 0.6) is 0 Å². The average Bonchev–Trinajstić information content (AvgIpc) is 3.20. The third-order valence-electron chi connectivity index (χ3n) is 3.21. The van der Waals surface area contributed by atoms with Crippen molar-refractivity contribution in [2.75, 3.05) is 11.1 Å². The molecule has 0 bridgehead atoms. The fourth-order valence-corrected chi connectivity index (χ4v) is 3.21. The molecule has 0 aliphatic heterocycles. The normalized spacial score (nSPS) is 10.6. The highest BCUT2D eigenvalue weighted by atomic mass is 79.9. The molecule has 0 saturated heterocycles. The minimum absolute atomic E-state index is 0.105. The first-order valence-corrected chi connectivity index (χ1v) is 9.22. The Morgan fingerprint density at radius 3 is 2.76 bits per heavy atom. The second-order valence-corrected chi connectivity index (χ2v) is 6.74. The molecule has 0 saturated carbocycles. The fourth-order valence-electron chi connectivity index (χ4n) is 2.15. The van der Waals surface area contributed by atoms with E-state index < -0.39 is 0 Å². The van der Waals surface area contributed by atoms with Crippen LogP contribution in [0, 0.1) is 0 Å². The average molecular weight is 419 g/mol. The van der Waals surface area contributed by atoms with Gasteiger partial charge in [-0.15, -0.1) is 16.8 Å². The number of thioether (sulfide) groups is 1. The van der Waals surface area contributed by atoms with Gasteiger partial charge in [-0.2, -0.15) is 0 Å². The smallest absolute Gasteiger partial charge is 0.234 e. The van der Waals surface area contributed by atoms with Crippen LogP contribution in [-0.4, -0.2) is 26.4 Å². The van der Waals surface area contributed by atoms with Crippen LogP contribution in [0.1, 0.15) is 0 Å². The van der Waals surface area contributed by atoms with E-state index in [1.807, 2.05) is 41.0 Å². The van der Waals surface area contributed by atoms with Crippen LogP contribution >= 0.6 is 27.7 Å². The summed E-state index contributed by atoms with van der Waals surface area (Å²) in [6.45, 7) is 4.28. The Labute approximate surface area is 157 Å². The van der Waals surface area contributed by atoms with Crippen molar-refractivity contribution in [3.63, 3.8) is 0 Å². The maximum Gasteiger partial charge on any atom is 0.234 e. The first-order valence-electron chi connectivity index (χ1n) is 7.45. The lowest BCUT2D eigenvalue weighted by Gasteiger charge is -2.07. The molecule has 2 aromatic heterocycles. The summed E-state index contributed by atoms with van der Waals surface area (Å²) in [5.41, 5.74) is 0.766. The molecule has 0 radical (unpaired) electrons. The summed E-state index contributed by atoms with van der Waals surface area (Å²) in [5.74, 6) is 1.32. The van der Waals surface area contributed by atoms with Crippen molar-refractivity contribution in [1.82, 2.24) is 14.8 Å². The van der Waals surface area contributed by atoms with Crippen LogP contribution in [0.15, 0.2) is 69.4 Å². The number of aromatic nitrogens is 3. The van der Waals surface area contributed by atoms with Gasteiger partial charge in [0.05, 0.1) is 5.75 Å². The minimum Gasteiger partial charge on any atom is -0.446 e. The van der Waals surface area contributed by atoms with E-state index in [0.717, 1.165) is 5.69 Å². The minimum atomic E-state index is -0.105. The van der Waals surface area contributed by atoms with Crippen molar-refractivity contribution in [2.45, 2.75) is 11.7 Å². The van der Waals surface area contributed by atoms with E-state index in [0.29, 0.717) is 28.0 Å². The Morgan fingerprint density at radius 2 is 2.08 bits per heavy atom. The maximum atomic E-state index is 12.1. The molecule has 0 atom stereocenters. The highest BCUT2D eigenvalue weighted by Crippen LogP contribution is 2.27. The van der Waals surface area contributed by atoms with Gasteiger partial charge in [-0.05, 0) is 40.2 Å². The molecule has 3 rings (SSSR count). The van der Waals surface area contributed by atoms with Gasteiger partial charge < -0.3 is 9.73 Å². The molecule has 1 amide bonds. The summed E-state index contributed by atoms with van der Waals surface area (Å²) < 4.78 is 8.02. The molecule has 0 aliphatic rings. The summed E-state index contributed by atoms with van der Waals surface area (Å²) in [7, 11) is 0. The number of carbonyl (C=O) groups is 1. The van der Waals surface area contributed by atoms with E-state index in [2.05, 4.69) is 38.0 Å². The predicted octanol–water partition coefficient (Wildman–Crippen LogP) is 4.22. The van der Waals surface area contributed by atoms with E-state index in [1.54, 1.807) is 12.1 Å². The summed E-state index contributed by atoms with van der Waals surface area (Å²) in [5, 5.41) is 11.8. The molecule has 1 aromatic carbocycles. The predicted molar refractivity (Wildman–Crippen MR) is 101 cm³/mol. The van der Waals surface area contributed by atoms with Crippen molar-refractivity contribution >= 4 is 39.3 Å². The van der Waals surface area contributed by atoms with E-state index in [1.165, 1.54) is 11.8 Å². The summed E-state index contributed by atoms with van der Waals surface area (Å²) >= 11 is 4.59. The molecule has 128 valence electrons. The van der Waals surface area contributed by atoms with Crippen LogP contribution < -0.4 is 5.32 Å². The number of rotatable bonds is 7. The highest BCUT2D eigenvalue weighted by Gasteiger charge is 2.17. The molecule has 8 heteroatoms. The second kappa shape index (κ2) is 8.17. The summed E-state index contributed by atoms with van der Waals surface area (Å²) in [6.07, 6.45) is 1.75. The molecule has 0 unspecified atom stereocenters. The molecule has 0 fully saturated rings. The van der Waals surface area contributed by atoms with E-state index in [-0.39, 0.29) is 11.7 Å². The number of carbonyl (C=O) groups excluding carboxylic acids is 1. The van der Waals surface area contributed by atoms with Gasteiger partial charge in [0.1, 0.15) is 0 Å². The maximum absolute atomic E-state index is 12.1. The van der Waals surface area contributed by atoms with Gasteiger partial charge in [-0.1, -0.05) is 36.0 Å². The van der Waals surface area contributed by atoms with Gasteiger partial charge in [0.25, 0.3) is 0 Å². The van der Waals surface area contributed by atoms with Gasteiger partial charge in [-0.3, -0.25) is 9.36 Å². The highest BCUT2D eigenvalue weighted by molar-refractivity contribution is 9.10. The number of furan rings is 1. The Balaban J connectivity index is 1.71. The zero-order valence-electron chi connectivity index (χ0n) is 13.2. The van der Waals surface area contributed by atoms with Crippen LogP contribution in [0.2, 0.25) is 0 Å². The summed E-state index contributed by atoms with van der Waals surface area (Å²) in [4.78, 5) is 12.1. The number of para-hydroxylation sites is 1. The van der Waals surface area contributed by atoms with Gasteiger partial charge in [-0.25, -0.2) is 0 Å². The van der Waals surface area contributed by atoms with Gasteiger partial charge in [0.2, 0.25) is 11.7 Å². The largest absolute Gasteiger partial charge is 0.446 e. The number of benzene rings is 1. The number of hydrogen-bond acceptors (Lipinski definition) is 5. The molecule has 2 heterocycles. The van der Waals surface area contributed by atoms with E-state index in [9.17, 15) is 4.79 Å². The third kappa shape index (κ3) is 4.40. The number of halogens is 1. The molecular formula is C17H15BrN4O2S. The lowest BCUT2D eigenvalue weighted by Crippen LogP contribution is -2.14. The molecule has 0 spiro atoms. The van der Waals surface area contributed by atoms with Crippen LogP contribution in [-0.2, 0) is 11.3 Å². The van der Waals surface area contributed by atoms with Gasteiger partial charge in [0.15, 0.2) is 15.6 Å². The van der Waals surface area contributed by atoms with Crippen molar-refractivity contribution in [3.05, 3.63) is 59.8 Å². The Bertz CT molecular complexity index is 876. The molecule has 3 aromatic rings. The number of anilines is 1. The molecule has 6 nitrogen and oxygen atoms in total. The van der Waals surface area contributed by atoms with Crippen molar-refractivity contribution in [1.29, 1.82) is 0 Å². The zero-order valence-corrected chi connectivity index (χ0v) is 15.6. The van der Waals surface area contributed by atoms with Crippen molar-refractivity contribution < 1.29 is 9.21 Å². The first kappa shape index (κ1) is 17.5. The van der Waals surface area contributed by atoms with E-state index in [4.69, 9.17) is 4.42 Å². The quantitative estimate of drug-likeness (QED) is 0.459. The number of hydrogen-bond donors (Lipinski definition) is 1. The Kier molecular flexibility index (Phi) is 5.72. The zero-order chi connectivity index (χ0) is 17.6. The molecular weight excluding hydrogens is 404 g/mol. The van der Waals surface area contributed by atoms with Crippen LogP contribution in [0.25, 0.3) is 11.6 Å². The van der Waals surface area contributed by atoms with Crippen molar-refractivity contribution in [2.24, 2.45) is 0 Å². The van der Waals surface area contributed by atoms with Gasteiger partial charge in [0, 0.05) is 12.2 Å². The van der Waals surface area contributed by atoms with E-state index >= 15 is 0 Å². The fraction of sp³-hybridized carbons (Fsp3) is 0.118. The van der Waals surface area contributed by atoms with Crippen molar-refractivity contribution in [3.8, 4) is 11.6 Å². The number of amides is 1. The summed E-state index contributed by atoms with van der Waals surface area (Å²) in [6, 6.07) is 12.9. The number of nitrogens with one attached hydrogen (secondary N) is 1. The number of nitrogens with zero attached hydrogens (tertiary/aromatic N) is 3. The SMILES string of the molecule is C=CCn1c(SCC(=O)Nc2ccccc2)nnc1-c1ccc(Br)o1. The topological polar surface area (TPSA) is 73.0 Å². The lowest BCUT2D eigenvalue weighted by atomic mass is 10.3. The Hall–Kier alpha value is -2.32. The first-order chi connectivity index (χ1) is 12.2. The van der Waals surface area contributed by atoms with Gasteiger partial charge >= 0.3 is 0 Å². The molecule has 1 N–H and O–H groups in total.